The van der Waals surface area contributed by atoms with Crippen molar-refractivity contribution in [2.24, 2.45) is 10.9 Å². The molecule has 0 unspecified atom stereocenters. The Balaban J connectivity index is 2.82. The number of nitrogens with zero attached hydrogens (tertiary/aromatic N) is 2. The maximum absolute atomic E-state index is 8.72. The Hall–Kier alpha value is -1.82. The van der Waals surface area contributed by atoms with Gasteiger partial charge in [-0.2, -0.15) is 0 Å². The van der Waals surface area contributed by atoms with E-state index in [4.69, 9.17) is 15.7 Å². The van der Waals surface area contributed by atoms with E-state index in [0.717, 1.165) is 15.2 Å². The van der Waals surface area contributed by atoms with Gasteiger partial charge in [0.1, 0.15) is 11.4 Å². The molecule has 1 aromatic heterocycles. The van der Waals surface area contributed by atoms with Crippen molar-refractivity contribution in [1.29, 1.82) is 0 Å². The fourth-order valence-electron chi connectivity index (χ4n) is 1.58. The number of ether oxygens (including phenoxy) is 1. The van der Waals surface area contributed by atoms with E-state index in [1.54, 1.807) is 19.4 Å². The van der Waals surface area contributed by atoms with Crippen LogP contribution in [0.5, 0.6) is 5.75 Å². The standard InChI is InChI=1S/C11H10BrN3O2/c1-17-6-4-8-7(9(12)5-6)2-3-14-10(8)11(13)15-16/h2-5,16H,1H3,(H2,13,15). The van der Waals surface area contributed by atoms with Crippen LogP contribution in [0.15, 0.2) is 34.0 Å². The van der Waals surface area contributed by atoms with E-state index in [9.17, 15) is 0 Å². The van der Waals surface area contributed by atoms with Crippen LogP contribution in [0.2, 0.25) is 0 Å². The molecule has 0 fully saturated rings. The van der Waals surface area contributed by atoms with E-state index < -0.39 is 0 Å². The molecule has 5 nitrogen and oxygen atoms in total. The molecule has 0 aliphatic rings. The van der Waals surface area contributed by atoms with Crippen LogP contribution in [0.25, 0.3) is 10.8 Å². The highest BCUT2D eigenvalue weighted by molar-refractivity contribution is 9.10. The average Bonchev–Trinajstić information content (AvgIpc) is 2.37. The molecule has 1 heterocycles. The van der Waals surface area contributed by atoms with Crippen LogP contribution in [0.1, 0.15) is 5.69 Å². The van der Waals surface area contributed by atoms with Gasteiger partial charge in [-0.05, 0) is 23.6 Å². The first-order valence-corrected chi connectivity index (χ1v) is 5.57. The zero-order valence-corrected chi connectivity index (χ0v) is 10.6. The van der Waals surface area contributed by atoms with Gasteiger partial charge in [-0.3, -0.25) is 4.98 Å². The Morgan fingerprint density at radius 1 is 1.47 bits per heavy atom. The van der Waals surface area contributed by atoms with Gasteiger partial charge in [0.05, 0.1) is 7.11 Å². The number of rotatable bonds is 2. The molecule has 6 heteroatoms. The van der Waals surface area contributed by atoms with Gasteiger partial charge in [0.15, 0.2) is 5.84 Å². The largest absolute Gasteiger partial charge is 0.497 e. The quantitative estimate of drug-likeness (QED) is 0.385. The maximum atomic E-state index is 8.72. The van der Waals surface area contributed by atoms with Crippen LogP contribution in [0.3, 0.4) is 0 Å². The monoisotopic (exact) mass is 295 g/mol. The van der Waals surface area contributed by atoms with Crippen molar-refractivity contribution in [3.05, 3.63) is 34.6 Å². The van der Waals surface area contributed by atoms with E-state index in [-0.39, 0.29) is 5.84 Å². The molecule has 0 saturated heterocycles. The molecule has 0 bridgehead atoms. The number of oxime groups is 1. The summed E-state index contributed by atoms with van der Waals surface area (Å²) in [7, 11) is 1.58. The molecule has 17 heavy (non-hydrogen) atoms. The Morgan fingerprint density at radius 3 is 2.88 bits per heavy atom. The molecule has 0 aliphatic heterocycles. The summed E-state index contributed by atoms with van der Waals surface area (Å²) in [6, 6.07) is 5.48. The lowest BCUT2D eigenvalue weighted by Crippen LogP contribution is -2.15. The second-order valence-electron chi connectivity index (χ2n) is 3.35. The number of aromatic nitrogens is 1. The first-order chi connectivity index (χ1) is 8.17. The first kappa shape index (κ1) is 11.7. The summed E-state index contributed by atoms with van der Waals surface area (Å²) >= 11 is 3.44. The van der Waals surface area contributed by atoms with Crippen LogP contribution in [-0.4, -0.2) is 23.1 Å². The van der Waals surface area contributed by atoms with E-state index in [0.29, 0.717) is 11.4 Å². The summed E-state index contributed by atoms with van der Waals surface area (Å²) in [5.41, 5.74) is 6.00. The van der Waals surface area contributed by atoms with Crippen molar-refractivity contribution >= 4 is 32.5 Å². The van der Waals surface area contributed by atoms with Crippen molar-refractivity contribution in [3.63, 3.8) is 0 Å². The third-order valence-electron chi connectivity index (χ3n) is 2.39. The summed E-state index contributed by atoms with van der Waals surface area (Å²) in [6.07, 6.45) is 1.60. The summed E-state index contributed by atoms with van der Waals surface area (Å²) in [6.45, 7) is 0. The smallest absolute Gasteiger partial charge is 0.189 e. The highest BCUT2D eigenvalue weighted by Gasteiger charge is 2.10. The Bertz CT molecular complexity index is 599. The molecule has 0 radical (unpaired) electrons. The molecule has 0 amide bonds. The molecule has 88 valence electrons. The van der Waals surface area contributed by atoms with Gasteiger partial charge >= 0.3 is 0 Å². The summed E-state index contributed by atoms with van der Waals surface area (Å²) < 4.78 is 6.03. The summed E-state index contributed by atoms with van der Waals surface area (Å²) in [5, 5.41) is 13.4. The summed E-state index contributed by atoms with van der Waals surface area (Å²) in [5.74, 6) is 0.639. The van der Waals surface area contributed by atoms with Crippen molar-refractivity contribution in [3.8, 4) is 5.75 Å². The normalized spacial score (nSPS) is 11.8. The molecule has 3 N–H and O–H groups in total. The predicted molar refractivity (Wildman–Crippen MR) is 68.5 cm³/mol. The van der Waals surface area contributed by atoms with Crippen molar-refractivity contribution < 1.29 is 9.94 Å². The lowest BCUT2D eigenvalue weighted by Gasteiger charge is -2.08. The molecule has 0 aliphatic carbocycles. The van der Waals surface area contributed by atoms with Gasteiger partial charge in [0.2, 0.25) is 0 Å². The van der Waals surface area contributed by atoms with Crippen molar-refractivity contribution in [1.82, 2.24) is 4.98 Å². The van der Waals surface area contributed by atoms with Crippen LogP contribution >= 0.6 is 15.9 Å². The number of hydrogen-bond donors (Lipinski definition) is 2. The first-order valence-electron chi connectivity index (χ1n) is 4.77. The number of pyridine rings is 1. The molecule has 0 atom stereocenters. The van der Waals surface area contributed by atoms with E-state index in [1.165, 1.54) is 0 Å². The third kappa shape index (κ3) is 2.03. The molecule has 2 aromatic rings. The molecule has 0 saturated carbocycles. The van der Waals surface area contributed by atoms with Gasteiger partial charge in [-0.1, -0.05) is 21.1 Å². The Kier molecular flexibility index (Phi) is 3.14. The van der Waals surface area contributed by atoms with Gasteiger partial charge in [0.25, 0.3) is 0 Å². The zero-order chi connectivity index (χ0) is 12.4. The molecule has 2 rings (SSSR count). The second-order valence-corrected chi connectivity index (χ2v) is 4.20. The van der Waals surface area contributed by atoms with Gasteiger partial charge in [0, 0.05) is 16.1 Å². The van der Waals surface area contributed by atoms with Gasteiger partial charge < -0.3 is 15.7 Å². The van der Waals surface area contributed by atoms with Crippen molar-refractivity contribution in [2.75, 3.05) is 7.11 Å². The fourth-order valence-corrected chi connectivity index (χ4v) is 2.15. The number of benzene rings is 1. The molecular formula is C11H10BrN3O2. The average molecular weight is 296 g/mol. The van der Waals surface area contributed by atoms with E-state index in [1.807, 2.05) is 12.1 Å². The van der Waals surface area contributed by atoms with Crippen LogP contribution < -0.4 is 10.5 Å². The zero-order valence-electron chi connectivity index (χ0n) is 9.01. The van der Waals surface area contributed by atoms with Crippen LogP contribution in [0, 0.1) is 0 Å². The van der Waals surface area contributed by atoms with Gasteiger partial charge in [-0.15, -0.1) is 0 Å². The van der Waals surface area contributed by atoms with Gasteiger partial charge in [-0.25, -0.2) is 0 Å². The summed E-state index contributed by atoms with van der Waals surface area (Å²) in [4.78, 5) is 4.10. The van der Waals surface area contributed by atoms with E-state index in [2.05, 4.69) is 26.1 Å². The second kappa shape index (κ2) is 4.58. The fraction of sp³-hybridized carbons (Fsp3) is 0.0909. The molecular weight excluding hydrogens is 286 g/mol. The molecule has 1 aromatic carbocycles. The minimum atomic E-state index is -0.0317. The minimum absolute atomic E-state index is 0.0317. The number of nitrogens with two attached hydrogens (primary N) is 1. The minimum Gasteiger partial charge on any atom is -0.497 e. The van der Waals surface area contributed by atoms with Crippen LogP contribution in [0.4, 0.5) is 0 Å². The lowest BCUT2D eigenvalue weighted by atomic mass is 10.1. The number of amidine groups is 1. The van der Waals surface area contributed by atoms with E-state index >= 15 is 0 Å². The van der Waals surface area contributed by atoms with Crippen molar-refractivity contribution in [2.45, 2.75) is 0 Å². The Morgan fingerprint density at radius 2 is 2.24 bits per heavy atom. The topological polar surface area (TPSA) is 80.7 Å². The number of halogens is 1. The number of hydrogen-bond acceptors (Lipinski definition) is 4. The number of fused-ring (bicyclic) bond motifs is 1. The Labute approximate surface area is 106 Å². The predicted octanol–water partition coefficient (Wildman–Crippen LogP) is 2.10. The number of methoxy groups -OCH3 is 1. The highest BCUT2D eigenvalue weighted by Crippen LogP contribution is 2.30. The third-order valence-corrected chi connectivity index (χ3v) is 3.05. The maximum Gasteiger partial charge on any atom is 0.189 e. The lowest BCUT2D eigenvalue weighted by molar-refractivity contribution is 0.318. The van der Waals surface area contributed by atoms with Crippen LogP contribution in [-0.2, 0) is 0 Å². The molecule has 0 spiro atoms. The SMILES string of the molecule is COc1cc(Br)c2ccnc(/C(N)=N\O)c2c1. The highest BCUT2D eigenvalue weighted by atomic mass is 79.9.